The second-order valence-electron chi connectivity index (χ2n) is 6.59. The Morgan fingerprint density at radius 2 is 1.86 bits per heavy atom. The van der Waals surface area contributed by atoms with E-state index in [-0.39, 0.29) is 18.0 Å². The largest absolute Gasteiger partial charge is 0.465 e. The number of hydrogen-bond acceptors (Lipinski definition) is 6. The predicted octanol–water partition coefficient (Wildman–Crippen LogP) is 3.52. The standard InChI is InChI=1S/C21H21NO5S/c1-25-21(24)16-5-3-2-4-15(16)20(23)22-9-8-19(28-11-10-22)14-6-7-17-18(12-14)27-13-26-17/h2-7,12,19H,8-11,13H2,1H3. The average Bonchev–Trinajstić information content (AvgIpc) is 3.07. The maximum absolute atomic E-state index is 13.1. The number of carbonyl (C=O) groups excluding carboxylic acids is 2. The highest BCUT2D eigenvalue weighted by Gasteiger charge is 2.26. The smallest absolute Gasteiger partial charge is 0.338 e. The fraction of sp³-hybridized carbons (Fsp3) is 0.333. The second kappa shape index (κ2) is 8.14. The summed E-state index contributed by atoms with van der Waals surface area (Å²) in [5.74, 6) is 1.76. The average molecular weight is 399 g/mol. The highest BCUT2D eigenvalue weighted by atomic mass is 32.2. The quantitative estimate of drug-likeness (QED) is 0.736. The number of fused-ring (bicyclic) bond motifs is 1. The Morgan fingerprint density at radius 1 is 1.07 bits per heavy atom. The molecule has 0 aliphatic carbocycles. The molecule has 0 N–H and O–H groups in total. The van der Waals surface area contributed by atoms with Crippen LogP contribution < -0.4 is 9.47 Å². The topological polar surface area (TPSA) is 65.1 Å². The van der Waals surface area contributed by atoms with Gasteiger partial charge in [-0.1, -0.05) is 18.2 Å². The first kappa shape index (κ1) is 18.7. The number of benzene rings is 2. The molecule has 6 nitrogen and oxygen atoms in total. The Morgan fingerprint density at radius 3 is 2.68 bits per heavy atom. The van der Waals surface area contributed by atoms with E-state index in [1.54, 1.807) is 24.3 Å². The molecule has 1 amide bonds. The van der Waals surface area contributed by atoms with Gasteiger partial charge in [0.05, 0.1) is 18.2 Å². The minimum Gasteiger partial charge on any atom is -0.465 e. The summed E-state index contributed by atoms with van der Waals surface area (Å²) in [7, 11) is 1.32. The number of rotatable bonds is 3. The van der Waals surface area contributed by atoms with E-state index < -0.39 is 5.97 Å². The van der Waals surface area contributed by atoms with Gasteiger partial charge in [-0.25, -0.2) is 4.79 Å². The van der Waals surface area contributed by atoms with Gasteiger partial charge in [0, 0.05) is 24.1 Å². The van der Waals surface area contributed by atoms with Crippen LogP contribution in [0.5, 0.6) is 11.5 Å². The first-order valence-corrected chi connectivity index (χ1v) is 10.2. The lowest BCUT2D eigenvalue weighted by Gasteiger charge is -2.21. The van der Waals surface area contributed by atoms with Crippen molar-refractivity contribution in [2.45, 2.75) is 11.7 Å². The summed E-state index contributed by atoms with van der Waals surface area (Å²) in [4.78, 5) is 26.9. The molecule has 2 aliphatic rings. The zero-order valence-electron chi connectivity index (χ0n) is 15.6. The van der Waals surface area contributed by atoms with Crippen LogP contribution in [0.4, 0.5) is 0 Å². The molecule has 146 valence electrons. The molecular weight excluding hydrogens is 378 g/mol. The van der Waals surface area contributed by atoms with E-state index in [4.69, 9.17) is 14.2 Å². The molecule has 1 saturated heterocycles. The molecule has 28 heavy (non-hydrogen) atoms. The first-order chi connectivity index (χ1) is 13.7. The maximum atomic E-state index is 13.1. The molecule has 1 unspecified atom stereocenters. The van der Waals surface area contributed by atoms with Gasteiger partial charge in [-0.15, -0.1) is 0 Å². The van der Waals surface area contributed by atoms with Gasteiger partial charge in [0.25, 0.3) is 5.91 Å². The molecule has 0 bridgehead atoms. The normalized spacial score (nSPS) is 18.5. The van der Waals surface area contributed by atoms with Gasteiger partial charge < -0.3 is 19.1 Å². The van der Waals surface area contributed by atoms with E-state index in [2.05, 4.69) is 6.07 Å². The predicted molar refractivity (Wildman–Crippen MR) is 106 cm³/mol. The highest BCUT2D eigenvalue weighted by molar-refractivity contribution is 7.99. The van der Waals surface area contributed by atoms with E-state index in [0.717, 1.165) is 23.7 Å². The monoisotopic (exact) mass is 399 g/mol. The fourth-order valence-corrected chi connectivity index (χ4v) is 4.70. The third kappa shape index (κ3) is 3.67. The van der Waals surface area contributed by atoms with Gasteiger partial charge in [0.2, 0.25) is 6.79 Å². The summed E-state index contributed by atoms with van der Waals surface area (Å²) >= 11 is 1.83. The van der Waals surface area contributed by atoms with E-state index in [1.165, 1.54) is 12.7 Å². The SMILES string of the molecule is COC(=O)c1ccccc1C(=O)N1CCSC(c2ccc3c(c2)OCO3)CC1. The minimum absolute atomic E-state index is 0.132. The number of hydrogen-bond donors (Lipinski definition) is 0. The van der Waals surface area contributed by atoms with Crippen LogP contribution >= 0.6 is 11.8 Å². The van der Waals surface area contributed by atoms with Crippen LogP contribution in [0, 0.1) is 0 Å². The van der Waals surface area contributed by atoms with Crippen molar-refractivity contribution >= 4 is 23.6 Å². The number of methoxy groups -OCH3 is 1. The van der Waals surface area contributed by atoms with Gasteiger partial charge in [-0.05, 0) is 36.2 Å². The van der Waals surface area contributed by atoms with Crippen LogP contribution in [0.2, 0.25) is 0 Å². The number of ether oxygens (including phenoxy) is 3. The maximum Gasteiger partial charge on any atom is 0.338 e. The van der Waals surface area contributed by atoms with Gasteiger partial charge in [-0.2, -0.15) is 11.8 Å². The lowest BCUT2D eigenvalue weighted by atomic mass is 10.1. The van der Waals surface area contributed by atoms with Crippen molar-refractivity contribution in [1.82, 2.24) is 4.90 Å². The zero-order chi connectivity index (χ0) is 19.5. The van der Waals surface area contributed by atoms with Crippen molar-refractivity contribution in [3.05, 3.63) is 59.2 Å². The van der Waals surface area contributed by atoms with Crippen molar-refractivity contribution in [1.29, 1.82) is 0 Å². The lowest BCUT2D eigenvalue weighted by Crippen LogP contribution is -2.34. The van der Waals surface area contributed by atoms with E-state index in [1.807, 2.05) is 28.8 Å². The second-order valence-corrected chi connectivity index (χ2v) is 7.90. The van der Waals surface area contributed by atoms with E-state index >= 15 is 0 Å². The van der Waals surface area contributed by atoms with Crippen molar-refractivity contribution in [3.63, 3.8) is 0 Å². The number of nitrogens with zero attached hydrogens (tertiary/aromatic N) is 1. The van der Waals surface area contributed by atoms with Crippen molar-refractivity contribution < 1.29 is 23.8 Å². The summed E-state index contributed by atoms with van der Waals surface area (Å²) in [6.07, 6.45) is 0.830. The molecular formula is C21H21NO5S. The zero-order valence-corrected chi connectivity index (χ0v) is 16.4. The molecule has 0 radical (unpaired) electrons. The number of esters is 1. The Balaban J connectivity index is 1.49. The molecule has 7 heteroatoms. The molecule has 2 aromatic carbocycles. The van der Waals surface area contributed by atoms with Crippen LogP contribution in [0.25, 0.3) is 0 Å². The molecule has 0 saturated carbocycles. The minimum atomic E-state index is -0.494. The summed E-state index contributed by atoms with van der Waals surface area (Å²) in [6.45, 7) is 1.53. The number of carbonyl (C=O) groups is 2. The van der Waals surface area contributed by atoms with E-state index in [9.17, 15) is 9.59 Å². The van der Waals surface area contributed by atoms with Crippen LogP contribution in [0.15, 0.2) is 42.5 Å². The van der Waals surface area contributed by atoms with Crippen molar-refractivity contribution in [3.8, 4) is 11.5 Å². The third-order valence-corrected chi connectivity index (χ3v) is 6.29. The van der Waals surface area contributed by atoms with Gasteiger partial charge in [0.1, 0.15) is 0 Å². The first-order valence-electron chi connectivity index (χ1n) is 9.15. The fourth-order valence-electron chi connectivity index (χ4n) is 3.48. The molecule has 2 heterocycles. The molecule has 0 spiro atoms. The Kier molecular flexibility index (Phi) is 5.43. The van der Waals surface area contributed by atoms with Gasteiger partial charge in [0.15, 0.2) is 11.5 Å². The molecule has 1 fully saturated rings. The van der Waals surface area contributed by atoms with Crippen LogP contribution in [0.1, 0.15) is 38.0 Å². The molecule has 2 aliphatic heterocycles. The van der Waals surface area contributed by atoms with Crippen molar-refractivity contribution in [2.75, 3.05) is 32.7 Å². The Hall–Kier alpha value is -2.67. The van der Waals surface area contributed by atoms with Crippen LogP contribution in [-0.2, 0) is 4.74 Å². The molecule has 2 aromatic rings. The number of thioether (sulfide) groups is 1. The van der Waals surface area contributed by atoms with Crippen molar-refractivity contribution in [2.24, 2.45) is 0 Å². The number of amides is 1. The van der Waals surface area contributed by atoms with Crippen LogP contribution in [0.3, 0.4) is 0 Å². The van der Waals surface area contributed by atoms with Gasteiger partial charge >= 0.3 is 5.97 Å². The van der Waals surface area contributed by atoms with E-state index in [0.29, 0.717) is 24.2 Å². The highest BCUT2D eigenvalue weighted by Crippen LogP contribution is 2.40. The molecule has 1 atom stereocenters. The summed E-state index contributed by atoms with van der Waals surface area (Å²) in [5, 5.41) is 0.281. The summed E-state index contributed by atoms with van der Waals surface area (Å²) < 4.78 is 15.7. The molecule has 0 aromatic heterocycles. The lowest BCUT2D eigenvalue weighted by molar-refractivity contribution is 0.0590. The Labute approximate surface area is 167 Å². The summed E-state index contributed by atoms with van der Waals surface area (Å²) in [5.41, 5.74) is 1.87. The third-order valence-electron chi connectivity index (χ3n) is 4.96. The Bertz CT molecular complexity index is 900. The van der Waals surface area contributed by atoms with Crippen LogP contribution in [-0.4, -0.2) is 49.5 Å². The molecule has 4 rings (SSSR count). The summed E-state index contributed by atoms with van der Waals surface area (Å²) in [6, 6.07) is 12.8. The van der Waals surface area contributed by atoms with Gasteiger partial charge in [-0.3, -0.25) is 4.79 Å².